The van der Waals surface area contributed by atoms with Crippen LogP contribution < -0.4 is 5.73 Å². The number of nitriles is 1. The molecular formula is C20H19ClN2O5. The first-order chi connectivity index (χ1) is 13.3. The highest BCUT2D eigenvalue weighted by Crippen LogP contribution is 2.41. The molecule has 0 saturated heterocycles. The van der Waals surface area contributed by atoms with Gasteiger partial charge in [0, 0.05) is 10.6 Å². The van der Waals surface area contributed by atoms with Crippen LogP contribution in [0.5, 0.6) is 0 Å². The number of nitrogens with zero attached hydrogens (tertiary/aromatic N) is 1. The maximum Gasteiger partial charge on any atom is 0.340 e. The Bertz CT molecular complexity index is 927. The number of allylic oxidation sites excluding steroid dienone is 2. The molecular weight excluding hydrogens is 384 g/mol. The Morgan fingerprint density at radius 3 is 2.57 bits per heavy atom. The normalized spacial score (nSPS) is 16.1. The van der Waals surface area contributed by atoms with Crippen molar-refractivity contribution in [2.75, 3.05) is 13.2 Å². The van der Waals surface area contributed by atoms with E-state index >= 15 is 0 Å². The van der Waals surface area contributed by atoms with Crippen LogP contribution >= 0.6 is 11.6 Å². The number of halogens is 1. The van der Waals surface area contributed by atoms with Gasteiger partial charge in [-0.1, -0.05) is 36.4 Å². The van der Waals surface area contributed by atoms with E-state index in [-0.39, 0.29) is 41.6 Å². The fourth-order valence-electron chi connectivity index (χ4n) is 2.62. The van der Waals surface area contributed by atoms with Gasteiger partial charge in [-0.15, -0.1) is 0 Å². The molecule has 2 N–H and O–H groups in total. The fourth-order valence-corrected chi connectivity index (χ4v) is 2.86. The standard InChI is InChI=1S/C20H19ClN2O5/c1-11(2)19(24)26-8-9-27-20(25)17-16(13-6-4-5-7-15(13)21)14(10-22)12(3)28-18(17)23/h4-7,16H,1,8-9,23H2,2-3H3/t16-/m0/s1. The quantitative estimate of drug-likeness (QED) is 0.442. The number of hydrogen-bond acceptors (Lipinski definition) is 7. The van der Waals surface area contributed by atoms with Crippen LogP contribution in [0.1, 0.15) is 25.3 Å². The molecule has 0 fully saturated rings. The summed E-state index contributed by atoms with van der Waals surface area (Å²) in [4.78, 5) is 24.0. The number of benzene rings is 1. The number of rotatable bonds is 6. The predicted molar refractivity (Wildman–Crippen MR) is 102 cm³/mol. The summed E-state index contributed by atoms with van der Waals surface area (Å²) in [5.74, 6) is -2.12. The van der Waals surface area contributed by atoms with E-state index in [1.165, 1.54) is 6.92 Å². The van der Waals surface area contributed by atoms with Gasteiger partial charge in [-0.05, 0) is 25.5 Å². The van der Waals surface area contributed by atoms with E-state index in [1.807, 2.05) is 6.07 Å². The Morgan fingerprint density at radius 2 is 1.96 bits per heavy atom. The highest BCUT2D eigenvalue weighted by Gasteiger charge is 2.37. The minimum Gasteiger partial charge on any atom is -0.459 e. The third-order valence-electron chi connectivity index (χ3n) is 3.94. The van der Waals surface area contributed by atoms with Crippen LogP contribution in [0.25, 0.3) is 0 Å². The molecule has 2 rings (SSSR count). The zero-order valence-corrected chi connectivity index (χ0v) is 16.2. The molecule has 1 aliphatic heterocycles. The Balaban J connectivity index is 2.27. The summed E-state index contributed by atoms with van der Waals surface area (Å²) >= 11 is 6.28. The van der Waals surface area contributed by atoms with Crippen molar-refractivity contribution in [2.45, 2.75) is 19.8 Å². The lowest BCUT2D eigenvalue weighted by Gasteiger charge is -2.27. The van der Waals surface area contributed by atoms with Crippen molar-refractivity contribution in [3.63, 3.8) is 0 Å². The number of nitrogens with two attached hydrogens (primary N) is 1. The number of ether oxygens (including phenoxy) is 3. The molecule has 28 heavy (non-hydrogen) atoms. The van der Waals surface area contributed by atoms with E-state index in [0.29, 0.717) is 10.6 Å². The van der Waals surface area contributed by atoms with Gasteiger partial charge in [0.25, 0.3) is 0 Å². The van der Waals surface area contributed by atoms with E-state index in [9.17, 15) is 14.9 Å². The SMILES string of the molecule is C=C(C)C(=O)OCCOC(=O)C1=C(N)OC(C)=C(C#N)[C@@H]1c1ccccc1Cl. The van der Waals surface area contributed by atoms with Crippen LogP contribution in [0.4, 0.5) is 0 Å². The van der Waals surface area contributed by atoms with Crippen molar-refractivity contribution in [3.05, 3.63) is 69.8 Å². The summed E-state index contributed by atoms with van der Waals surface area (Å²) in [5.41, 5.74) is 6.84. The Labute approximate surface area is 167 Å². The molecule has 146 valence electrons. The molecule has 1 atom stereocenters. The summed E-state index contributed by atoms with van der Waals surface area (Å²) < 4.78 is 15.4. The average molecular weight is 403 g/mol. The lowest BCUT2D eigenvalue weighted by Crippen LogP contribution is -2.27. The van der Waals surface area contributed by atoms with E-state index in [1.54, 1.807) is 31.2 Å². The van der Waals surface area contributed by atoms with Crippen LogP contribution in [0.2, 0.25) is 5.02 Å². The molecule has 0 unspecified atom stereocenters. The molecule has 1 aromatic rings. The summed E-state index contributed by atoms with van der Waals surface area (Å²) in [6.45, 7) is 6.19. The van der Waals surface area contributed by atoms with Crippen LogP contribution in [-0.4, -0.2) is 25.2 Å². The summed E-state index contributed by atoms with van der Waals surface area (Å²) in [5, 5.41) is 9.95. The lowest BCUT2D eigenvalue weighted by atomic mass is 9.83. The maximum absolute atomic E-state index is 12.7. The molecule has 0 spiro atoms. The first kappa shape index (κ1) is 21.1. The Morgan fingerprint density at radius 1 is 1.32 bits per heavy atom. The van der Waals surface area contributed by atoms with Gasteiger partial charge in [0.1, 0.15) is 24.5 Å². The largest absolute Gasteiger partial charge is 0.459 e. The third-order valence-corrected chi connectivity index (χ3v) is 4.28. The van der Waals surface area contributed by atoms with E-state index < -0.39 is 17.9 Å². The minimum absolute atomic E-state index is 0.0403. The van der Waals surface area contributed by atoms with Crippen LogP contribution in [0.15, 0.2) is 59.2 Å². The second kappa shape index (κ2) is 9.11. The van der Waals surface area contributed by atoms with E-state index in [0.717, 1.165) is 0 Å². The first-order valence-electron chi connectivity index (χ1n) is 8.30. The summed E-state index contributed by atoms with van der Waals surface area (Å²) in [6.07, 6.45) is 0. The van der Waals surface area contributed by atoms with Gasteiger partial charge in [0.05, 0.1) is 17.6 Å². The number of hydrogen-bond donors (Lipinski definition) is 1. The predicted octanol–water partition coefficient (Wildman–Crippen LogP) is 3.08. The van der Waals surface area contributed by atoms with Crippen molar-refractivity contribution in [1.82, 2.24) is 0 Å². The smallest absolute Gasteiger partial charge is 0.340 e. The van der Waals surface area contributed by atoms with Gasteiger partial charge < -0.3 is 19.9 Å². The minimum atomic E-state index is -0.835. The molecule has 0 saturated carbocycles. The van der Waals surface area contributed by atoms with Crippen LogP contribution in [-0.2, 0) is 23.8 Å². The topological polar surface area (TPSA) is 112 Å². The van der Waals surface area contributed by atoms with E-state index in [4.69, 9.17) is 31.5 Å². The molecule has 0 aromatic heterocycles. The van der Waals surface area contributed by atoms with Gasteiger partial charge in [-0.2, -0.15) is 5.26 Å². The number of carbonyl (C=O) groups excluding carboxylic acids is 2. The zero-order valence-electron chi connectivity index (χ0n) is 15.5. The molecule has 0 radical (unpaired) electrons. The van der Waals surface area contributed by atoms with Crippen molar-refractivity contribution in [2.24, 2.45) is 5.73 Å². The zero-order chi connectivity index (χ0) is 20.8. The maximum atomic E-state index is 12.7. The van der Waals surface area contributed by atoms with Crippen LogP contribution in [0.3, 0.4) is 0 Å². The number of esters is 2. The van der Waals surface area contributed by atoms with E-state index in [2.05, 4.69) is 6.58 Å². The molecule has 0 bridgehead atoms. The van der Waals surface area contributed by atoms with Gasteiger partial charge in [0.15, 0.2) is 0 Å². The van der Waals surface area contributed by atoms with Crippen molar-refractivity contribution in [3.8, 4) is 6.07 Å². The fraction of sp³-hybridized carbons (Fsp3) is 0.250. The molecule has 0 amide bonds. The molecule has 1 aliphatic rings. The molecule has 1 aromatic carbocycles. The van der Waals surface area contributed by atoms with Crippen LogP contribution in [0, 0.1) is 11.3 Å². The monoisotopic (exact) mass is 402 g/mol. The second-order valence-electron chi connectivity index (χ2n) is 5.97. The second-order valence-corrected chi connectivity index (χ2v) is 6.38. The highest BCUT2D eigenvalue weighted by atomic mass is 35.5. The Kier molecular flexibility index (Phi) is 6.85. The van der Waals surface area contributed by atoms with Gasteiger partial charge in [-0.25, -0.2) is 9.59 Å². The lowest BCUT2D eigenvalue weighted by molar-refractivity contribution is -0.147. The first-order valence-corrected chi connectivity index (χ1v) is 8.68. The Hall–Kier alpha value is -3.24. The van der Waals surface area contributed by atoms with Crippen molar-refractivity contribution >= 4 is 23.5 Å². The summed E-state index contributed by atoms with van der Waals surface area (Å²) in [7, 11) is 0. The van der Waals surface area contributed by atoms with Gasteiger partial charge >= 0.3 is 11.9 Å². The van der Waals surface area contributed by atoms with Crippen molar-refractivity contribution in [1.29, 1.82) is 5.26 Å². The van der Waals surface area contributed by atoms with Crippen molar-refractivity contribution < 1.29 is 23.8 Å². The molecule has 0 aliphatic carbocycles. The molecule has 7 nitrogen and oxygen atoms in total. The highest BCUT2D eigenvalue weighted by molar-refractivity contribution is 6.31. The third kappa shape index (κ3) is 4.53. The molecule has 8 heteroatoms. The van der Waals surface area contributed by atoms with Gasteiger partial charge in [-0.3, -0.25) is 0 Å². The average Bonchev–Trinajstić information content (AvgIpc) is 2.64. The number of carbonyl (C=O) groups is 2. The van der Waals surface area contributed by atoms with Gasteiger partial charge in [0.2, 0.25) is 5.88 Å². The molecule has 1 heterocycles. The summed E-state index contributed by atoms with van der Waals surface area (Å²) in [6, 6.07) is 8.85.